The number of hydrogen-bond donors (Lipinski definition) is 1. The Morgan fingerprint density at radius 3 is 1.90 bits per heavy atom. The molecule has 0 heterocycles. The highest BCUT2D eigenvalue weighted by Gasteiger charge is 1.97. The van der Waals surface area contributed by atoms with Crippen molar-refractivity contribution in [2.24, 2.45) is 0 Å². The van der Waals surface area contributed by atoms with Crippen molar-refractivity contribution in [3.05, 3.63) is 57.6 Å². The lowest BCUT2D eigenvalue weighted by Crippen LogP contribution is -1.83. The van der Waals surface area contributed by atoms with E-state index in [-0.39, 0.29) is 5.75 Å². The highest BCUT2D eigenvalue weighted by molar-refractivity contribution is 6.31. The number of nitriles is 2. The third kappa shape index (κ3) is 5.62. The van der Waals surface area contributed by atoms with Gasteiger partial charge in [-0.25, -0.2) is 0 Å². The maximum atomic E-state index is 8.89. The summed E-state index contributed by atoms with van der Waals surface area (Å²) in [5.41, 5.74) is 0.874. The Balaban J connectivity index is 0.000000211. The predicted molar refractivity (Wildman–Crippen MR) is 80.6 cm³/mol. The number of phenols is 1. The number of ether oxygens (including phenoxy) is 1. The zero-order valence-corrected chi connectivity index (χ0v) is 12.5. The summed E-state index contributed by atoms with van der Waals surface area (Å²) in [6.07, 6.45) is 0. The van der Waals surface area contributed by atoms with Gasteiger partial charge >= 0.3 is 0 Å². The molecule has 0 saturated carbocycles. The van der Waals surface area contributed by atoms with Crippen LogP contribution in [0, 0.1) is 22.7 Å². The molecular weight excluding hydrogens is 311 g/mol. The Bertz CT molecular complexity index is 698. The van der Waals surface area contributed by atoms with E-state index in [9.17, 15) is 0 Å². The van der Waals surface area contributed by atoms with Gasteiger partial charge in [0, 0.05) is 10.0 Å². The van der Waals surface area contributed by atoms with Gasteiger partial charge in [-0.2, -0.15) is 10.5 Å². The van der Waals surface area contributed by atoms with Gasteiger partial charge in [0.15, 0.2) is 0 Å². The van der Waals surface area contributed by atoms with Crippen LogP contribution in [0.5, 0.6) is 11.5 Å². The molecule has 0 atom stereocenters. The van der Waals surface area contributed by atoms with Crippen LogP contribution in [-0.4, -0.2) is 12.2 Å². The average Bonchev–Trinajstić information content (AvgIpc) is 2.46. The number of hydrogen-bond acceptors (Lipinski definition) is 4. The van der Waals surface area contributed by atoms with Crippen LogP contribution in [0.3, 0.4) is 0 Å². The number of halogens is 2. The average molecular weight is 321 g/mol. The molecule has 4 nitrogen and oxygen atoms in total. The van der Waals surface area contributed by atoms with Crippen molar-refractivity contribution >= 4 is 23.2 Å². The smallest absolute Gasteiger partial charge is 0.121 e. The van der Waals surface area contributed by atoms with Crippen molar-refractivity contribution in [2.45, 2.75) is 0 Å². The molecule has 0 fully saturated rings. The highest BCUT2D eigenvalue weighted by Crippen LogP contribution is 2.20. The quantitative estimate of drug-likeness (QED) is 0.856. The lowest BCUT2D eigenvalue weighted by Gasteiger charge is -1.99. The molecule has 0 saturated heterocycles. The molecule has 0 bridgehead atoms. The van der Waals surface area contributed by atoms with Crippen molar-refractivity contribution in [2.75, 3.05) is 7.11 Å². The van der Waals surface area contributed by atoms with E-state index in [2.05, 4.69) is 0 Å². The van der Waals surface area contributed by atoms with E-state index >= 15 is 0 Å². The Hall–Kier alpha value is -2.40. The van der Waals surface area contributed by atoms with Gasteiger partial charge in [-0.3, -0.25) is 0 Å². The van der Waals surface area contributed by atoms with Gasteiger partial charge in [-0.15, -0.1) is 0 Å². The van der Waals surface area contributed by atoms with Gasteiger partial charge in [0.05, 0.1) is 30.4 Å². The van der Waals surface area contributed by atoms with Gasteiger partial charge in [0.25, 0.3) is 0 Å². The van der Waals surface area contributed by atoms with Crippen LogP contribution in [-0.2, 0) is 0 Å². The Morgan fingerprint density at radius 2 is 1.43 bits per heavy atom. The number of rotatable bonds is 1. The monoisotopic (exact) mass is 320 g/mol. The van der Waals surface area contributed by atoms with Gasteiger partial charge < -0.3 is 9.84 Å². The Morgan fingerprint density at radius 1 is 0.905 bits per heavy atom. The number of nitrogens with zero attached hydrogens (tertiary/aromatic N) is 2. The molecule has 0 spiro atoms. The summed E-state index contributed by atoms with van der Waals surface area (Å²) in [7, 11) is 1.53. The molecular formula is C15H10Cl2N2O2. The topological polar surface area (TPSA) is 77.0 Å². The number of methoxy groups -OCH3 is 1. The van der Waals surface area contributed by atoms with Crippen LogP contribution >= 0.6 is 23.2 Å². The molecule has 2 rings (SSSR count). The Labute approximate surface area is 132 Å². The maximum Gasteiger partial charge on any atom is 0.121 e. The summed E-state index contributed by atoms with van der Waals surface area (Å²) in [6.45, 7) is 0. The van der Waals surface area contributed by atoms with Gasteiger partial charge in [-0.1, -0.05) is 23.2 Å². The van der Waals surface area contributed by atoms with Crippen molar-refractivity contribution in [3.8, 4) is 23.6 Å². The van der Waals surface area contributed by atoms with E-state index in [1.807, 2.05) is 12.1 Å². The third-order valence-electron chi connectivity index (χ3n) is 2.25. The molecule has 0 aromatic heterocycles. The van der Waals surface area contributed by atoms with E-state index in [4.69, 9.17) is 43.6 Å². The van der Waals surface area contributed by atoms with Crippen LogP contribution in [0.25, 0.3) is 0 Å². The molecule has 6 heteroatoms. The molecule has 0 aliphatic rings. The second-order valence-electron chi connectivity index (χ2n) is 3.80. The molecule has 1 N–H and O–H groups in total. The fourth-order valence-corrected chi connectivity index (χ4v) is 1.84. The molecule has 0 aliphatic carbocycles. The molecule has 0 unspecified atom stereocenters. The lowest BCUT2D eigenvalue weighted by molar-refractivity contribution is 0.414. The van der Waals surface area contributed by atoms with Crippen molar-refractivity contribution in [3.63, 3.8) is 0 Å². The van der Waals surface area contributed by atoms with E-state index in [0.717, 1.165) is 0 Å². The standard InChI is InChI=1S/C8H6ClNO.C7H4ClNO/c1-11-8-3-6(5-10)2-7(9)4-8;8-6-1-5(4-9)2-7(10)3-6/h2-4H,1H3;1-3,10H. The van der Waals surface area contributed by atoms with E-state index in [0.29, 0.717) is 26.9 Å². The predicted octanol–water partition coefficient (Wildman–Crippen LogP) is 4.14. The maximum absolute atomic E-state index is 8.89. The first-order valence-corrected chi connectivity index (χ1v) is 6.38. The normalized spacial score (nSPS) is 8.81. The van der Waals surface area contributed by atoms with Crippen molar-refractivity contribution < 1.29 is 9.84 Å². The van der Waals surface area contributed by atoms with Crippen LogP contribution in [0.1, 0.15) is 11.1 Å². The van der Waals surface area contributed by atoms with Crippen molar-refractivity contribution in [1.29, 1.82) is 10.5 Å². The molecule has 0 amide bonds. The second-order valence-corrected chi connectivity index (χ2v) is 4.67. The molecule has 2 aromatic carbocycles. The molecule has 106 valence electrons. The van der Waals surface area contributed by atoms with Crippen LogP contribution in [0.4, 0.5) is 0 Å². The first-order valence-electron chi connectivity index (χ1n) is 5.63. The summed E-state index contributed by atoms with van der Waals surface area (Å²) < 4.78 is 4.90. The number of phenolic OH excluding ortho intramolecular Hbond substituents is 1. The van der Waals surface area contributed by atoms with Crippen LogP contribution in [0.15, 0.2) is 36.4 Å². The summed E-state index contributed by atoms with van der Waals surface area (Å²) in [6, 6.07) is 12.9. The minimum Gasteiger partial charge on any atom is -0.508 e. The zero-order chi connectivity index (χ0) is 15.8. The van der Waals surface area contributed by atoms with Crippen LogP contribution in [0.2, 0.25) is 10.0 Å². The molecule has 0 aliphatic heterocycles. The van der Waals surface area contributed by atoms with Gasteiger partial charge in [0.2, 0.25) is 0 Å². The largest absolute Gasteiger partial charge is 0.508 e. The summed E-state index contributed by atoms with van der Waals surface area (Å²) >= 11 is 11.2. The van der Waals surface area contributed by atoms with Gasteiger partial charge in [-0.05, 0) is 36.4 Å². The summed E-state index contributed by atoms with van der Waals surface area (Å²) in [4.78, 5) is 0. The number of benzene rings is 2. The molecule has 2 aromatic rings. The first kappa shape index (κ1) is 16.7. The second kappa shape index (κ2) is 8.01. The zero-order valence-electron chi connectivity index (χ0n) is 11.0. The van der Waals surface area contributed by atoms with E-state index in [1.54, 1.807) is 18.2 Å². The Kier molecular flexibility index (Phi) is 6.36. The van der Waals surface area contributed by atoms with Crippen LogP contribution < -0.4 is 4.74 Å². The van der Waals surface area contributed by atoms with E-state index in [1.165, 1.54) is 25.3 Å². The van der Waals surface area contributed by atoms with E-state index < -0.39 is 0 Å². The number of aromatic hydroxyl groups is 1. The minimum atomic E-state index is 0.0176. The highest BCUT2D eigenvalue weighted by atomic mass is 35.5. The molecule has 21 heavy (non-hydrogen) atoms. The van der Waals surface area contributed by atoms with Crippen molar-refractivity contribution in [1.82, 2.24) is 0 Å². The summed E-state index contributed by atoms with van der Waals surface area (Å²) in [5.74, 6) is 0.623. The fourth-order valence-electron chi connectivity index (χ4n) is 1.38. The third-order valence-corrected chi connectivity index (χ3v) is 2.68. The minimum absolute atomic E-state index is 0.0176. The molecule has 0 radical (unpaired) electrons. The summed E-state index contributed by atoms with van der Waals surface area (Å²) in [5, 5.41) is 26.7. The SMILES string of the molecule is COc1cc(Cl)cc(C#N)c1.N#Cc1cc(O)cc(Cl)c1. The fraction of sp³-hybridized carbons (Fsp3) is 0.0667. The first-order chi connectivity index (χ1) is 9.98. The lowest BCUT2D eigenvalue weighted by atomic mass is 10.2. The van der Waals surface area contributed by atoms with Gasteiger partial charge in [0.1, 0.15) is 11.5 Å².